The molecular weight excluding hydrogens is 314 g/mol. The van der Waals surface area contributed by atoms with Gasteiger partial charge < -0.3 is 14.6 Å². The van der Waals surface area contributed by atoms with Gasteiger partial charge in [0, 0.05) is 44.1 Å². The zero-order chi connectivity index (χ0) is 17.8. The Morgan fingerprint density at radius 1 is 1.24 bits per heavy atom. The van der Waals surface area contributed by atoms with Crippen molar-refractivity contribution in [1.82, 2.24) is 14.8 Å². The summed E-state index contributed by atoms with van der Waals surface area (Å²) in [6.45, 7) is 7.83. The first-order valence-corrected chi connectivity index (χ1v) is 8.85. The van der Waals surface area contributed by atoms with E-state index < -0.39 is 0 Å². The molecule has 0 bridgehead atoms. The molecule has 25 heavy (non-hydrogen) atoms. The van der Waals surface area contributed by atoms with Gasteiger partial charge in [0.1, 0.15) is 0 Å². The fourth-order valence-electron chi connectivity index (χ4n) is 3.40. The van der Waals surface area contributed by atoms with E-state index in [1.165, 1.54) is 5.69 Å². The van der Waals surface area contributed by atoms with Crippen LogP contribution < -0.4 is 5.32 Å². The van der Waals surface area contributed by atoms with E-state index in [1.54, 1.807) is 0 Å². The van der Waals surface area contributed by atoms with E-state index in [0.717, 1.165) is 43.0 Å². The number of aromatic nitrogens is 1. The van der Waals surface area contributed by atoms with Crippen molar-refractivity contribution in [2.45, 2.75) is 19.9 Å². The fourth-order valence-corrected chi connectivity index (χ4v) is 3.40. The molecule has 0 aliphatic carbocycles. The number of morpholine rings is 1. The van der Waals surface area contributed by atoms with Gasteiger partial charge in [0.15, 0.2) is 0 Å². The maximum atomic E-state index is 12.7. The summed E-state index contributed by atoms with van der Waals surface area (Å²) in [5.74, 6) is -0.00586. The number of carbonyl (C=O) groups is 1. The highest BCUT2D eigenvalue weighted by atomic mass is 16.5. The highest BCUT2D eigenvalue weighted by Gasteiger charge is 2.25. The van der Waals surface area contributed by atoms with Gasteiger partial charge in [-0.3, -0.25) is 9.69 Å². The lowest BCUT2D eigenvalue weighted by Crippen LogP contribution is -2.44. The number of benzene rings is 1. The van der Waals surface area contributed by atoms with Crippen molar-refractivity contribution in [1.29, 1.82) is 0 Å². The van der Waals surface area contributed by atoms with Gasteiger partial charge in [0.25, 0.3) is 5.91 Å². The Labute approximate surface area is 149 Å². The largest absolute Gasteiger partial charge is 0.379 e. The molecule has 0 radical (unpaired) electrons. The Morgan fingerprint density at radius 3 is 2.68 bits per heavy atom. The van der Waals surface area contributed by atoms with E-state index in [1.807, 2.05) is 32.0 Å². The first-order chi connectivity index (χ1) is 12.1. The third-order valence-electron chi connectivity index (χ3n) is 4.91. The van der Waals surface area contributed by atoms with Gasteiger partial charge in [0.2, 0.25) is 0 Å². The Morgan fingerprint density at radius 2 is 2.00 bits per heavy atom. The molecule has 2 heterocycles. The molecular formula is C20H27N3O2. The van der Waals surface area contributed by atoms with Crippen LogP contribution in [0.5, 0.6) is 0 Å². The molecule has 5 nitrogen and oxygen atoms in total. The second-order valence-electron chi connectivity index (χ2n) is 6.74. The number of amides is 1. The fraction of sp³-hybridized carbons (Fsp3) is 0.450. The van der Waals surface area contributed by atoms with Crippen molar-refractivity contribution in [2.24, 2.45) is 7.05 Å². The summed E-state index contributed by atoms with van der Waals surface area (Å²) in [4.78, 5) is 15.1. The predicted molar refractivity (Wildman–Crippen MR) is 98.8 cm³/mol. The van der Waals surface area contributed by atoms with Crippen molar-refractivity contribution in [2.75, 3.05) is 32.8 Å². The van der Waals surface area contributed by atoms with Crippen LogP contribution in [-0.2, 0) is 11.8 Å². The van der Waals surface area contributed by atoms with Gasteiger partial charge in [-0.1, -0.05) is 17.7 Å². The molecule has 1 atom stereocenters. The second kappa shape index (κ2) is 7.85. The minimum Gasteiger partial charge on any atom is -0.379 e. The van der Waals surface area contributed by atoms with Crippen LogP contribution in [0.4, 0.5) is 0 Å². The molecule has 1 N–H and O–H groups in total. The summed E-state index contributed by atoms with van der Waals surface area (Å²) in [6.07, 6.45) is 2.05. The minimum absolute atomic E-state index is 0.00586. The highest BCUT2D eigenvalue weighted by molar-refractivity contribution is 5.95. The number of nitrogens with zero attached hydrogens (tertiary/aromatic N) is 2. The molecule has 2 aromatic rings. The van der Waals surface area contributed by atoms with Crippen LogP contribution >= 0.6 is 0 Å². The molecule has 1 amide bonds. The molecule has 0 spiro atoms. The molecule has 1 saturated heterocycles. The molecule has 1 aromatic carbocycles. The Hall–Kier alpha value is -2.11. The number of ether oxygens (including phenoxy) is 1. The van der Waals surface area contributed by atoms with E-state index in [4.69, 9.17) is 4.74 Å². The average Bonchev–Trinajstić information content (AvgIpc) is 3.04. The monoisotopic (exact) mass is 341 g/mol. The number of rotatable bonds is 5. The lowest BCUT2D eigenvalue weighted by molar-refractivity contribution is 0.0148. The molecule has 1 aromatic heterocycles. The Balaban J connectivity index is 1.75. The van der Waals surface area contributed by atoms with Crippen LogP contribution in [-0.4, -0.2) is 48.2 Å². The van der Waals surface area contributed by atoms with Crippen molar-refractivity contribution in [3.05, 3.63) is 58.9 Å². The topological polar surface area (TPSA) is 46.5 Å². The molecule has 3 rings (SSSR count). The average molecular weight is 341 g/mol. The molecule has 1 aliphatic rings. The van der Waals surface area contributed by atoms with Gasteiger partial charge in [-0.25, -0.2) is 0 Å². The van der Waals surface area contributed by atoms with E-state index >= 15 is 0 Å². The smallest absolute Gasteiger partial charge is 0.251 e. The van der Waals surface area contributed by atoms with Crippen LogP contribution in [0.3, 0.4) is 0 Å². The SMILES string of the molecule is Cc1ccc(C)c(C(=O)NCC(c2cccn2C)N2CCOCC2)c1. The van der Waals surface area contributed by atoms with E-state index in [9.17, 15) is 4.79 Å². The van der Waals surface area contributed by atoms with E-state index in [-0.39, 0.29) is 11.9 Å². The lowest BCUT2D eigenvalue weighted by Gasteiger charge is -2.35. The second-order valence-corrected chi connectivity index (χ2v) is 6.74. The number of carbonyl (C=O) groups excluding carboxylic acids is 1. The van der Waals surface area contributed by atoms with Gasteiger partial charge in [-0.15, -0.1) is 0 Å². The third-order valence-corrected chi connectivity index (χ3v) is 4.91. The standard InChI is InChI=1S/C20H27N3O2/c1-15-6-7-16(2)17(13-15)20(24)21-14-19(18-5-4-8-22(18)3)23-9-11-25-12-10-23/h4-8,13,19H,9-12,14H2,1-3H3,(H,21,24). The summed E-state index contributed by atoms with van der Waals surface area (Å²) in [5, 5.41) is 3.15. The van der Waals surface area contributed by atoms with Crippen LogP contribution in [0.2, 0.25) is 0 Å². The molecule has 1 unspecified atom stereocenters. The van der Waals surface area contributed by atoms with Crippen molar-refractivity contribution >= 4 is 5.91 Å². The normalized spacial score (nSPS) is 16.6. The van der Waals surface area contributed by atoms with Gasteiger partial charge in [-0.2, -0.15) is 0 Å². The summed E-state index contributed by atoms with van der Waals surface area (Å²) in [5.41, 5.74) is 4.07. The minimum atomic E-state index is -0.00586. The lowest BCUT2D eigenvalue weighted by atomic mass is 10.0. The first kappa shape index (κ1) is 17.7. The zero-order valence-corrected chi connectivity index (χ0v) is 15.3. The molecule has 5 heteroatoms. The summed E-state index contributed by atoms with van der Waals surface area (Å²) in [7, 11) is 2.05. The van der Waals surface area contributed by atoms with Crippen LogP contribution in [0, 0.1) is 13.8 Å². The number of hydrogen-bond acceptors (Lipinski definition) is 3. The molecule has 1 aliphatic heterocycles. The van der Waals surface area contributed by atoms with Crippen LogP contribution in [0.25, 0.3) is 0 Å². The quantitative estimate of drug-likeness (QED) is 0.909. The number of aryl methyl sites for hydroxylation is 3. The van der Waals surface area contributed by atoms with Crippen LogP contribution in [0.1, 0.15) is 33.2 Å². The van der Waals surface area contributed by atoms with E-state index in [0.29, 0.717) is 6.54 Å². The number of hydrogen-bond donors (Lipinski definition) is 1. The Kier molecular flexibility index (Phi) is 5.56. The van der Waals surface area contributed by atoms with Crippen molar-refractivity contribution in [3.63, 3.8) is 0 Å². The molecule has 0 saturated carbocycles. The molecule has 134 valence electrons. The number of nitrogens with one attached hydrogen (secondary N) is 1. The maximum absolute atomic E-state index is 12.7. The maximum Gasteiger partial charge on any atom is 0.251 e. The van der Waals surface area contributed by atoms with Crippen molar-refractivity contribution < 1.29 is 9.53 Å². The molecule has 1 fully saturated rings. The van der Waals surface area contributed by atoms with Gasteiger partial charge in [-0.05, 0) is 37.6 Å². The summed E-state index contributed by atoms with van der Waals surface area (Å²) < 4.78 is 7.61. The van der Waals surface area contributed by atoms with Gasteiger partial charge in [0.05, 0.1) is 19.3 Å². The summed E-state index contributed by atoms with van der Waals surface area (Å²) >= 11 is 0. The van der Waals surface area contributed by atoms with Gasteiger partial charge >= 0.3 is 0 Å². The highest BCUT2D eigenvalue weighted by Crippen LogP contribution is 2.22. The first-order valence-electron chi connectivity index (χ1n) is 8.85. The zero-order valence-electron chi connectivity index (χ0n) is 15.3. The summed E-state index contributed by atoms with van der Waals surface area (Å²) in [6, 6.07) is 10.3. The van der Waals surface area contributed by atoms with Crippen molar-refractivity contribution in [3.8, 4) is 0 Å². The third kappa shape index (κ3) is 4.11. The van der Waals surface area contributed by atoms with Crippen LogP contribution in [0.15, 0.2) is 36.5 Å². The Bertz CT molecular complexity index is 732. The van der Waals surface area contributed by atoms with E-state index in [2.05, 4.69) is 40.2 Å². The predicted octanol–water partition coefficient (Wildman–Crippen LogP) is 2.45.